The minimum atomic E-state index is -4.60. The topological polar surface area (TPSA) is 87.4 Å². The summed E-state index contributed by atoms with van der Waals surface area (Å²) >= 11 is 0. The van der Waals surface area contributed by atoms with E-state index in [9.17, 15) is 22.4 Å². The Balaban J connectivity index is 1.65. The first kappa shape index (κ1) is 25.4. The average molecular weight is 503 g/mol. The lowest BCUT2D eigenvalue weighted by Crippen LogP contribution is -2.27. The molecule has 1 saturated heterocycles. The van der Waals surface area contributed by atoms with Crippen molar-refractivity contribution in [2.45, 2.75) is 12.6 Å². The van der Waals surface area contributed by atoms with Crippen molar-refractivity contribution in [3.63, 3.8) is 0 Å². The van der Waals surface area contributed by atoms with Gasteiger partial charge >= 0.3 is 6.18 Å². The molecule has 1 amide bonds. The summed E-state index contributed by atoms with van der Waals surface area (Å²) in [7, 11) is 3.93. The third kappa shape index (κ3) is 5.73. The van der Waals surface area contributed by atoms with Gasteiger partial charge in [0, 0.05) is 37.6 Å². The molecule has 11 heteroatoms. The number of carbonyl (C=O) groups is 1. The lowest BCUT2D eigenvalue weighted by molar-refractivity contribution is -0.137. The first-order valence-corrected chi connectivity index (χ1v) is 11.3. The highest BCUT2D eigenvalue weighted by Gasteiger charge is 2.33. The lowest BCUT2D eigenvalue weighted by atomic mass is 10.0. The molecule has 0 bridgehead atoms. The van der Waals surface area contributed by atoms with E-state index in [1.807, 2.05) is 19.0 Å². The Labute approximate surface area is 205 Å². The fourth-order valence-electron chi connectivity index (χ4n) is 4.36. The molecule has 7 nitrogen and oxygen atoms in total. The third-order valence-electron chi connectivity index (χ3n) is 6.04. The van der Waals surface area contributed by atoms with Gasteiger partial charge in [-0.3, -0.25) is 4.79 Å². The Hall–Kier alpha value is -3.73. The maximum absolute atomic E-state index is 14.6. The van der Waals surface area contributed by atoms with E-state index in [0.717, 1.165) is 31.2 Å². The van der Waals surface area contributed by atoms with E-state index in [1.165, 1.54) is 30.6 Å². The van der Waals surface area contributed by atoms with Crippen LogP contribution >= 0.6 is 0 Å². The second kappa shape index (κ2) is 10.1. The molecule has 190 valence electrons. The van der Waals surface area contributed by atoms with Gasteiger partial charge in [0.2, 0.25) is 5.95 Å². The Morgan fingerprint density at radius 3 is 2.53 bits per heavy atom. The number of hydrogen-bond acceptors (Lipinski definition) is 6. The van der Waals surface area contributed by atoms with Crippen molar-refractivity contribution in [2.24, 2.45) is 5.92 Å². The first-order valence-electron chi connectivity index (χ1n) is 11.3. The van der Waals surface area contributed by atoms with Gasteiger partial charge in [-0.2, -0.15) is 13.2 Å². The number of rotatable bonds is 6. The van der Waals surface area contributed by atoms with Crippen LogP contribution in [0.2, 0.25) is 0 Å². The van der Waals surface area contributed by atoms with E-state index in [4.69, 9.17) is 5.73 Å². The summed E-state index contributed by atoms with van der Waals surface area (Å²) in [4.78, 5) is 24.9. The largest absolute Gasteiger partial charge is 0.416 e. The minimum Gasteiger partial charge on any atom is -0.370 e. The van der Waals surface area contributed by atoms with Crippen LogP contribution in [0.1, 0.15) is 22.3 Å². The zero-order chi connectivity index (χ0) is 26.0. The summed E-state index contributed by atoms with van der Waals surface area (Å²) in [5, 5.41) is 2.52. The Bertz CT molecular complexity index is 1250. The number of nitrogens with two attached hydrogens (primary N) is 1. The van der Waals surface area contributed by atoms with Crippen molar-refractivity contribution < 1.29 is 22.4 Å². The normalized spacial score (nSPS) is 16.0. The van der Waals surface area contributed by atoms with Crippen LogP contribution in [0.3, 0.4) is 0 Å². The van der Waals surface area contributed by atoms with Gasteiger partial charge in [-0.1, -0.05) is 6.07 Å². The van der Waals surface area contributed by atoms with E-state index < -0.39 is 23.5 Å². The maximum Gasteiger partial charge on any atom is 0.416 e. The summed E-state index contributed by atoms with van der Waals surface area (Å²) in [5.74, 6) is -1.28. The predicted molar refractivity (Wildman–Crippen MR) is 130 cm³/mol. The Kier molecular flexibility index (Phi) is 7.11. The smallest absolute Gasteiger partial charge is 0.370 e. The third-order valence-corrected chi connectivity index (χ3v) is 6.04. The molecule has 4 rings (SSSR count). The molecule has 1 aliphatic heterocycles. The second-order valence-electron chi connectivity index (χ2n) is 9.07. The van der Waals surface area contributed by atoms with Crippen LogP contribution in [0.4, 0.5) is 34.9 Å². The van der Waals surface area contributed by atoms with E-state index in [0.29, 0.717) is 35.8 Å². The monoisotopic (exact) mass is 502 g/mol. The van der Waals surface area contributed by atoms with Crippen molar-refractivity contribution >= 4 is 23.2 Å². The molecule has 1 fully saturated rings. The molecule has 0 spiro atoms. The molecule has 0 saturated carbocycles. The summed E-state index contributed by atoms with van der Waals surface area (Å²) in [6.07, 6.45) is -0.872. The molecule has 1 atom stereocenters. The van der Waals surface area contributed by atoms with Gasteiger partial charge in [-0.05, 0) is 62.3 Å². The van der Waals surface area contributed by atoms with Crippen LogP contribution in [0.5, 0.6) is 0 Å². The van der Waals surface area contributed by atoms with Gasteiger partial charge in [0.25, 0.3) is 5.91 Å². The predicted octanol–water partition coefficient (Wildman–Crippen LogP) is 4.52. The molecular formula is C25H26F4N6O. The molecule has 0 radical (unpaired) electrons. The molecule has 3 aromatic rings. The SMILES string of the molecule is CN(C)C[C@H]1CCN(c2ccc(C(F)(F)F)cc2NC(=O)c2cc(-c3cnc(N)nc3)ccc2F)C1. The standard InChI is InChI=1S/C25H26F4N6O/c1-34(2)13-15-7-8-35(14-15)22-6-4-18(25(27,28)29)10-21(22)33-23(36)19-9-16(3-5-20(19)26)17-11-31-24(30)32-12-17/h3-6,9-12,15H,7-8,13-14H2,1-2H3,(H,33,36)(H2,30,31,32)/t15-/m1/s1. The van der Waals surface area contributed by atoms with Crippen LogP contribution < -0.4 is 16.0 Å². The highest BCUT2D eigenvalue weighted by Crippen LogP contribution is 2.37. The van der Waals surface area contributed by atoms with Crippen LogP contribution in [0, 0.1) is 11.7 Å². The Morgan fingerprint density at radius 1 is 1.14 bits per heavy atom. The van der Waals surface area contributed by atoms with Crippen LogP contribution in [-0.2, 0) is 6.18 Å². The van der Waals surface area contributed by atoms with Gasteiger partial charge in [0.05, 0.1) is 22.5 Å². The number of alkyl halides is 3. The van der Waals surface area contributed by atoms with Gasteiger partial charge in [0.1, 0.15) is 5.82 Å². The van der Waals surface area contributed by atoms with Gasteiger partial charge in [-0.15, -0.1) is 0 Å². The summed E-state index contributed by atoms with van der Waals surface area (Å²) < 4.78 is 55.0. The fraction of sp³-hybridized carbons (Fsp3) is 0.320. The lowest BCUT2D eigenvalue weighted by Gasteiger charge is -2.24. The average Bonchev–Trinajstić information content (AvgIpc) is 3.26. The van der Waals surface area contributed by atoms with Crippen molar-refractivity contribution in [3.8, 4) is 11.1 Å². The number of hydrogen-bond donors (Lipinski definition) is 2. The molecule has 3 N–H and O–H groups in total. The Morgan fingerprint density at radius 2 is 1.86 bits per heavy atom. The summed E-state index contributed by atoms with van der Waals surface area (Å²) in [6, 6.07) is 7.10. The van der Waals surface area contributed by atoms with Gasteiger partial charge in [0.15, 0.2) is 0 Å². The van der Waals surface area contributed by atoms with Crippen LogP contribution in [-0.4, -0.2) is 54.5 Å². The zero-order valence-corrected chi connectivity index (χ0v) is 19.8. The molecule has 0 aliphatic carbocycles. The van der Waals surface area contributed by atoms with E-state index in [-0.39, 0.29) is 17.2 Å². The van der Waals surface area contributed by atoms with Crippen molar-refractivity contribution in [2.75, 3.05) is 49.7 Å². The number of amides is 1. The summed E-state index contributed by atoms with van der Waals surface area (Å²) in [6.45, 7) is 2.10. The number of nitrogens with zero attached hydrogens (tertiary/aromatic N) is 4. The summed E-state index contributed by atoms with van der Waals surface area (Å²) in [5.41, 5.74) is 5.67. The number of aromatic nitrogens is 2. The van der Waals surface area contributed by atoms with E-state index in [2.05, 4.69) is 20.2 Å². The first-order chi connectivity index (χ1) is 17.0. The van der Waals surface area contributed by atoms with Crippen molar-refractivity contribution in [1.29, 1.82) is 0 Å². The molecule has 0 unspecified atom stereocenters. The van der Waals surface area contributed by atoms with Crippen LogP contribution in [0.15, 0.2) is 48.8 Å². The van der Waals surface area contributed by atoms with Crippen molar-refractivity contribution in [3.05, 3.63) is 65.7 Å². The van der Waals surface area contributed by atoms with E-state index >= 15 is 0 Å². The zero-order valence-electron chi connectivity index (χ0n) is 19.8. The minimum absolute atomic E-state index is 0.0269. The number of anilines is 3. The maximum atomic E-state index is 14.6. The molecular weight excluding hydrogens is 476 g/mol. The number of carbonyl (C=O) groups excluding carboxylic acids is 1. The molecule has 2 aromatic carbocycles. The van der Waals surface area contributed by atoms with E-state index in [1.54, 1.807) is 0 Å². The second-order valence-corrected chi connectivity index (χ2v) is 9.07. The number of nitrogens with one attached hydrogen (secondary N) is 1. The molecule has 1 aliphatic rings. The number of benzene rings is 2. The van der Waals surface area contributed by atoms with Gasteiger partial charge < -0.3 is 20.9 Å². The molecule has 2 heterocycles. The fourth-order valence-corrected chi connectivity index (χ4v) is 4.36. The van der Waals surface area contributed by atoms with Gasteiger partial charge in [-0.25, -0.2) is 14.4 Å². The highest BCUT2D eigenvalue weighted by molar-refractivity contribution is 6.06. The molecule has 1 aromatic heterocycles. The van der Waals surface area contributed by atoms with Crippen molar-refractivity contribution in [1.82, 2.24) is 14.9 Å². The quantitative estimate of drug-likeness (QED) is 0.482. The molecule has 36 heavy (non-hydrogen) atoms. The van der Waals surface area contributed by atoms with Crippen LogP contribution in [0.25, 0.3) is 11.1 Å². The number of halogens is 4. The number of nitrogen functional groups attached to an aromatic ring is 1. The highest BCUT2D eigenvalue weighted by atomic mass is 19.4.